The van der Waals surface area contributed by atoms with Gasteiger partial charge in [0, 0.05) is 18.7 Å². The van der Waals surface area contributed by atoms with Gasteiger partial charge in [0.05, 0.1) is 25.3 Å². The Labute approximate surface area is 193 Å². The Hall–Kier alpha value is -3.52. The first-order chi connectivity index (χ1) is 15.7. The summed E-state index contributed by atoms with van der Waals surface area (Å²) in [7, 11) is 5.17. The predicted molar refractivity (Wildman–Crippen MR) is 125 cm³/mol. The average Bonchev–Trinajstić information content (AvgIpc) is 3.03. The summed E-state index contributed by atoms with van der Waals surface area (Å²) in [5, 5.41) is 21.5. The molecule has 0 bridgehead atoms. The third-order valence-electron chi connectivity index (χ3n) is 5.59. The van der Waals surface area contributed by atoms with Crippen molar-refractivity contribution in [2.24, 2.45) is 0 Å². The third-order valence-corrected chi connectivity index (χ3v) is 5.59. The molecule has 176 valence electrons. The van der Waals surface area contributed by atoms with Crippen LogP contribution in [0, 0.1) is 6.92 Å². The second kappa shape index (κ2) is 9.95. The fraction of sp³-hybridized carbons (Fsp3) is 0.360. The van der Waals surface area contributed by atoms with Crippen LogP contribution in [0.3, 0.4) is 0 Å². The first-order valence-corrected chi connectivity index (χ1v) is 10.7. The maximum atomic E-state index is 13.1. The van der Waals surface area contributed by atoms with E-state index >= 15 is 0 Å². The number of carbonyl (C=O) groups excluding carboxylic acids is 2. The maximum Gasteiger partial charge on any atom is 0.295 e. The summed E-state index contributed by atoms with van der Waals surface area (Å²) >= 11 is 0. The number of ether oxygens (including phenoxy) is 2. The van der Waals surface area contributed by atoms with Crippen LogP contribution < -0.4 is 9.47 Å². The fourth-order valence-electron chi connectivity index (χ4n) is 3.91. The van der Waals surface area contributed by atoms with E-state index in [4.69, 9.17) is 9.47 Å². The van der Waals surface area contributed by atoms with Crippen molar-refractivity contribution in [1.82, 2.24) is 9.80 Å². The Morgan fingerprint density at radius 3 is 2.39 bits per heavy atom. The number of Topliss-reactive ketones (excluding diaryl/α,β-unsaturated/α-hetero) is 1. The van der Waals surface area contributed by atoms with Gasteiger partial charge in [-0.1, -0.05) is 6.07 Å². The van der Waals surface area contributed by atoms with Gasteiger partial charge < -0.3 is 29.5 Å². The van der Waals surface area contributed by atoms with E-state index in [1.807, 2.05) is 32.8 Å². The van der Waals surface area contributed by atoms with Gasteiger partial charge in [-0.2, -0.15) is 0 Å². The Bertz CT molecular complexity index is 1090. The van der Waals surface area contributed by atoms with Crippen LogP contribution in [0.4, 0.5) is 0 Å². The Morgan fingerprint density at radius 1 is 1.12 bits per heavy atom. The second-order valence-electron chi connectivity index (χ2n) is 8.14. The summed E-state index contributed by atoms with van der Waals surface area (Å²) in [6.45, 7) is 5.02. The Morgan fingerprint density at radius 2 is 1.82 bits per heavy atom. The molecule has 1 aliphatic rings. The van der Waals surface area contributed by atoms with Gasteiger partial charge in [-0.3, -0.25) is 9.59 Å². The zero-order chi connectivity index (χ0) is 24.3. The molecule has 33 heavy (non-hydrogen) atoms. The summed E-state index contributed by atoms with van der Waals surface area (Å²) in [6.07, 6.45) is 0. The number of phenols is 1. The lowest BCUT2D eigenvalue weighted by molar-refractivity contribution is -0.140. The lowest BCUT2D eigenvalue weighted by Crippen LogP contribution is -2.35. The van der Waals surface area contributed by atoms with Crippen molar-refractivity contribution in [2.75, 3.05) is 40.9 Å². The van der Waals surface area contributed by atoms with Gasteiger partial charge in [0.15, 0.2) is 11.5 Å². The van der Waals surface area contributed by atoms with Gasteiger partial charge in [0.2, 0.25) is 0 Å². The van der Waals surface area contributed by atoms with Crippen molar-refractivity contribution in [3.63, 3.8) is 0 Å². The molecule has 0 aromatic heterocycles. The van der Waals surface area contributed by atoms with Crippen LogP contribution >= 0.6 is 0 Å². The number of rotatable bonds is 8. The molecule has 2 aromatic rings. The van der Waals surface area contributed by atoms with Crippen molar-refractivity contribution >= 4 is 17.4 Å². The molecule has 0 spiro atoms. The van der Waals surface area contributed by atoms with E-state index in [1.165, 1.54) is 18.1 Å². The molecule has 8 nitrogen and oxygen atoms in total. The lowest BCUT2D eigenvalue weighted by atomic mass is 9.94. The van der Waals surface area contributed by atoms with Gasteiger partial charge in [-0.15, -0.1) is 0 Å². The Kier molecular flexibility index (Phi) is 7.28. The molecule has 1 fully saturated rings. The third kappa shape index (κ3) is 4.80. The number of aryl methyl sites for hydroxylation is 1. The number of methoxy groups -OCH3 is 1. The molecule has 0 saturated carbocycles. The van der Waals surface area contributed by atoms with E-state index < -0.39 is 17.7 Å². The largest absolute Gasteiger partial charge is 0.507 e. The molecule has 3 rings (SSSR count). The number of aliphatic hydroxyl groups is 1. The van der Waals surface area contributed by atoms with Crippen molar-refractivity contribution in [2.45, 2.75) is 19.9 Å². The zero-order valence-electron chi connectivity index (χ0n) is 19.6. The van der Waals surface area contributed by atoms with Gasteiger partial charge in [-0.25, -0.2) is 0 Å². The summed E-state index contributed by atoms with van der Waals surface area (Å²) in [4.78, 5) is 29.4. The van der Waals surface area contributed by atoms with Crippen molar-refractivity contribution in [3.8, 4) is 17.2 Å². The standard InChI is InChI=1S/C25H30N2O6/c1-6-33-19-9-8-17(13-15(19)2)23(29)21-22(16-7-10-20(32-5)18(28)14-16)27(12-11-26(3)4)25(31)24(21)30/h7-10,13-14,22,28-29H,6,11-12H2,1-5H3/b23-21-. The number of benzene rings is 2. The number of carbonyl (C=O) groups is 2. The van der Waals surface area contributed by atoms with Crippen molar-refractivity contribution in [1.29, 1.82) is 0 Å². The molecule has 2 N–H and O–H groups in total. The number of nitrogens with zero attached hydrogens (tertiary/aromatic N) is 2. The number of amides is 1. The van der Waals surface area contributed by atoms with E-state index in [1.54, 1.807) is 30.3 Å². The summed E-state index contributed by atoms with van der Waals surface area (Å²) in [5.74, 6) is -0.903. The smallest absolute Gasteiger partial charge is 0.295 e. The number of hydrogen-bond acceptors (Lipinski definition) is 7. The van der Waals surface area contributed by atoms with Crippen LogP contribution in [-0.2, 0) is 9.59 Å². The van der Waals surface area contributed by atoms with Crippen molar-refractivity contribution < 1.29 is 29.3 Å². The van der Waals surface area contributed by atoms with Gasteiger partial charge in [-0.05, 0) is 69.4 Å². The van der Waals surface area contributed by atoms with E-state index in [0.29, 0.717) is 30.0 Å². The lowest BCUT2D eigenvalue weighted by Gasteiger charge is -2.27. The number of aliphatic hydroxyl groups excluding tert-OH is 1. The normalized spacial score (nSPS) is 17.6. The summed E-state index contributed by atoms with van der Waals surface area (Å²) < 4.78 is 10.7. The number of likely N-dealkylation sites (tertiary alicyclic amines) is 1. The highest BCUT2D eigenvalue weighted by Crippen LogP contribution is 2.41. The summed E-state index contributed by atoms with van der Waals surface area (Å²) in [5.41, 5.74) is 1.67. The van der Waals surface area contributed by atoms with Crippen LogP contribution in [0.2, 0.25) is 0 Å². The van der Waals surface area contributed by atoms with E-state index in [0.717, 1.165) is 5.56 Å². The van der Waals surface area contributed by atoms with Gasteiger partial charge >= 0.3 is 0 Å². The minimum absolute atomic E-state index is 0.0214. The fourth-order valence-corrected chi connectivity index (χ4v) is 3.91. The predicted octanol–water partition coefficient (Wildman–Crippen LogP) is 3.09. The second-order valence-corrected chi connectivity index (χ2v) is 8.14. The first kappa shape index (κ1) is 24.1. The summed E-state index contributed by atoms with van der Waals surface area (Å²) in [6, 6.07) is 8.94. The maximum absolute atomic E-state index is 13.1. The topological polar surface area (TPSA) is 99.5 Å². The average molecular weight is 455 g/mol. The number of aromatic hydroxyl groups is 1. The number of hydrogen-bond donors (Lipinski definition) is 2. The van der Waals surface area contributed by atoms with Gasteiger partial charge in [0.1, 0.15) is 11.5 Å². The first-order valence-electron chi connectivity index (χ1n) is 10.7. The minimum atomic E-state index is -0.853. The van der Waals surface area contributed by atoms with Crippen LogP contribution in [0.15, 0.2) is 42.0 Å². The minimum Gasteiger partial charge on any atom is -0.507 e. The van der Waals surface area contributed by atoms with Crippen LogP contribution in [0.5, 0.6) is 17.2 Å². The monoisotopic (exact) mass is 454 g/mol. The molecule has 1 saturated heterocycles. The molecule has 8 heteroatoms. The number of phenolic OH excluding ortho intramolecular Hbond substituents is 1. The highest BCUT2D eigenvalue weighted by molar-refractivity contribution is 6.46. The zero-order valence-corrected chi connectivity index (χ0v) is 19.6. The molecule has 1 heterocycles. The van der Waals surface area contributed by atoms with E-state index in [2.05, 4.69) is 0 Å². The molecular weight excluding hydrogens is 424 g/mol. The highest BCUT2D eigenvalue weighted by Gasteiger charge is 2.46. The quantitative estimate of drug-likeness (QED) is 0.359. The van der Waals surface area contributed by atoms with Crippen LogP contribution in [-0.4, -0.2) is 72.6 Å². The van der Waals surface area contributed by atoms with Crippen LogP contribution in [0.1, 0.15) is 29.7 Å². The molecular formula is C25H30N2O6. The highest BCUT2D eigenvalue weighted by atomic mass is 16.5. The molecule has 2 aromatic carbocycles. The molecule has 0 aliphatic carbocycles. The molecule has 1 aliphatic heterocycles. The van der Waals surface area contributed by atoms with Crippen LogP contribution in [0.25, 0.3) is 5.76 Å². The number of ketones is 1. The number of likely N-dealkylation sites (N-methyl/N-ethyl adjacent to an activating group) is 1. The van der Waals surface area contributed by atoms with Crippen molar-refractivity contribution in [3.05, 3.63) is 58.7 Å². The molecule has 1 unspecified atom stereocenters. The van der Waals surface area contributed by atoms with E-state index in [-0.39, 0.29) is 29.4 Å². The SMILES string of the molecule is CCOc1ccc(/C(O)=C2/C(=O)C(=O)N(CCN(C)C)C2c2ccc(OC)c(O)c2)cc1C. The molecule has 1 atom stereocenters. The molecule has 1 amide bonds. The van der Waals surface area contributed by atoms with E-state index in [9.17, 15) is 19.8 Å². The Balaban J connectivity index is 2.15. The molecule has 0 radical (unpaired) electrons. The van der Waals surface area contributed by atoms with Gasteiger partial charge in [0.25, 0.3) is 11.7 Å².